The predicted molar refractivity (Wildman–Crippen MR) is 62.7 cm³/mol. The molecule has 0 aliphatic rings. The fourth-order valence-electron chi connectivity index (χ4n) is 1.63. The van der Waals surface area contributed by atoms with E-state index in [4.69, 9.17) is 10.3 Å². The Labute approximate surface area is 94.5 Å². The third kappa shape index (κ3) is 2.05. The molecule has 0 bridgehead atoms. The molecule has 0 radical (unpaired) electrons. The Bertz CT molecular complexity index is 462. The molecule has 4 nitrogen and oxygen atoms in total. The first-order chi connectivity index (χ1) is 7.68. The normalized spacial score (nSPS) is 10.9. The number of hydrogen-bond donors (Lipinski definition) is 1. The third-order valence-electron chi connectivity index (χ3n) is 2.33. The van der Waals surface area contributed by atoms with E-state index in [-0.39, 0.29) is 0 Å². The van der Waals surface area contributed by atoms with Gasteiger partial charge in [-0.3, -0.25) is 4.98 Å². The lowest BCUT2D eigenvalue weighted by Crippen LogP contribution is -1.99. The van der Waals surface area contributed by atoms with Crippen molar-refractivity contribution in [3.05, 3.63) is 30.0 Å². The van der Waals surface area contributed by atoms with Crippen molar-refractivity contribution in [3.63, 3.8) is 0 Å². The van der Waals surface area contributed by atoms with Crippen molar-refractivity contribution >= 4 is 5.82 Å². The second-order valence-corrected chi connectivity index (χ2v) is 4.19. The van der Waals surface area contributed by atoms with Gasteiger partial charge in [0, 0.05) is 11.8 Å². The maximum Gasteiger partial charge on any atom is 0.190 e. The molecule has 0 aromatic carbocycles. The second-order valence-electron chi connectivity index (χ2n) is 4.19. The van der Waals surface area contributed by atoms with Crippen LogP contribution in [-0.4, -0.2) is 10.1 Å². The zero-order valence-electron chi connectivity index (χ0n) is 9.47. The molecule has 2 heterocycles. The molecule has 2 aromatic heterocycles. The zero-order chi connectivity index (χ0) is 11.5. The van der Waals surface area contributed by atoms with Gasteiger partial charge < -0.3 is 10.3 Å². The number of nitrogen functional groups attached to an aromatic ring is 1. The Hall–Kier alpha value is -1.84. The van der Waals surface area contributed by atoms with Crippen molar-refractivity contribution in [2.24, 2.45) is 5.92 Å². The summed E-state index contributed by atoms with van der Waals surface area (Å²) in [4.78, 5) is 4.24. The van der Waals surface area contributed by atoms with Gasteiger partial charge in [-0.1, -0.05) is 25.1 Å². The highest BCUT2D eigenvalue weighted by molar-refractivity contribution is 5.62. The van der Waals surface area contributed by atoms with Gasteiger partial charge in [-0.25, -0.2) is 0 Å². The number of nitrogens with two attached hydrogens (primary N) is 1. The van der Waals surface area contributed by atoms with Crippen LogP contribution in [0.5, 0.6) is 0 Å². The molecular formula is C12H15N3O. The van der Waals surface area contributed by atoms with E-state index in [0.29, 0.717) is 17.5 Å². The first kappa shape index (κ1) is 10.7. The van der Waals surface area contributed by atoms with Crippen LogP contribution in [0.15, 0.2) is 28.9 Å². The Balaban J connectivity index is 2.42. The number of pyridine rings is 1. The van der Waals surface area contributed by atoms with Crippen LogP contribution in [0.3, 0.4) is 0 Å². The summed E-state index contributed by atoms with van der Waals surface area (Å²) in [6.45, 7) is 4.27. The Morgan fingerprint density at radius 1 is 1.38 bits per heavy atom. The fraction of sp³-hybridized carbons (Fsp3) is 0.333. The topological polar surface area (TPSA) is 64.9 Å². The molecule has 4 heteroatoms. The van der Waals surface area contributed by atoms with Crippen LogP contribution in [0.2, 0.25) is 0 Å². The van der Waals surface area contributed by atoms with Gasteiger partial charge in [-0.15, -0.1) is 0 Å². The van der Waals surface area contributed by atoms with Gasteiger partial charge in [0.05, 0.1) is 0 Å². The van der Waals surface area contributed by atoms with Crippen molar-refractivity contribution in [2.45, 2.75) is 20.3 Å². The largest absolute Gasteiger partial charge is 0.381 e. The van der Waals surface area contributed by atoms with Gasteiger partial charge in [0.1, 0.15) is 5.69 Å². The van der Waals surface area contributed by atoms with E-state index in [1.165, 1.54) is 0 Å². The Morgan fingerprint density at radius 3 is 2.81 bits per heavy atom. The van der Waals surface area contributed by atoms with Crippen molar-refractivity contribution in [3.8, 4) is 11.5 Å². The van der Waals surface area contributed by atoms with Crippen LogP contribution >= 0.6 is 0 Å². The summed E-state index contributed by atoms with van der Waals surface area (Å²) in [5.41, 5.74) is 7.53. The average molecular weight is 217 g/mol. The number of aromatic nitrogens is 2. The van der Waals surface area contributed by atoms with Gasteiger partial charge in [0.25, 0.3) is 0 Å². The minimum absolute atomic E-state index is 0.467. The van der Waals surface area contributed by atoms with Crippen LogP contribution in [0.4, 0.5) is 5.82 Å². The molecule has 0 atom stereocenters. The van der Waals surface area contributed by atoms with E-state index < -0.39 is 0 Å². The minimum Gasteiger partial charge on any atom is -0.381 e. The molecule has 2 N–H and O–H groups in total. The molecule has 2 rings (SSSR count). The first-order valence-corrected chi connectivity index (χ1v) is 5.34. The molecule has 0 saturated heterocycles. The van der Waals surface area contributed by atoms with Gasteiger partial charge in [-0.2, -0.15) is 0 Å². The maximum atomic E-state index is 5.79. The van der Waals surface area contributed by atoms with Gasteiger partial charge in [-0.05, 0) is 24.5 Å². The Kier molecular flexibility index (Phi) is 2.90. The lowest BCUT2D eigenvalue weighted by Gasteiger charge is -2.04. The van der Waals surface area contributed by atoms with E-state index in [2.05, 4.69) is 24.0 Å². The van der Waals surface area contributed by atoms with Crippen LogP contribution in [0.25, 0.3) is 11.5 Å². The molecule has 0 amide bonds. The maximum absolute atomic E-state index is 5.79. The van der Waals surface area contributed by atoms with Gasteiger partial charge >= 0.3 is 0 Å². The monoisotopic (exact) mass is 217 g/mol. The highest BCUT2D eigenvalue weighted by atomic mass is 16.5. The molecule has 0 spiro atoms. The lowest BCUT2D eigenvalue weighted by atomic mass is 10.0. The number of rotatable bonds is 3. The summed E-state index contributed by atoms with van der Waals surface area (Å²) in [5.74, 6) is 1.66. The summed E-state index contributed by atoms with van der Waals surface area (Å²) < 4.78 is 5.24. The smallest absolute Gasteiger partial charge is 0.190 e. The van der Waals surface area contributed by atoms with Crippen LogP contribution < -0.4 is 5.73 Å². The van der Waals surface area contributed by atoms with E-state index in [1.54, 1.807) is 6.20 Å². The standard InChI is InChI=1S/C12H15N3O/c1-8(2)7-9-11(16-15-12(9)13)10-5-3-4-6-14-10/h3-6,8H,7H2,1-2H3,(H2,13,15). The summed E-state index contributed by atoms with van der Waals surface area (Å²) in [6, 6.07) is 5.68. The third-order valence-corrected chi connectivity index (χ3v) is 2.33. The molecular weight excluding hydrogens is 202 g/mol. The summed E-state index contributed by atoms with van der Waals surface area (Å²) in [7, 11) is 0. The Morgan fingerprint density at radius 2 is 2.19 bits per heavy atom. The van der Waals surface area contributed by atoms with Crippen LogP contribution in [0, 0.1) is 5.92 Å². The van der Waals surface area contributed by atoms with Crippen molar-refractivity contribution in [1.29, 1.82) is 0 Å². The highest BCUT2D eigenvalue weighted by Gasteiger charge is 2.17. The van der Waals surface area contributed by atoms with Crippen LogP contribution in [-0.2, 0) is 6.42 Å². The number of hydrogen-bond acceptors (Lipinski definition) is 4. The first-order valence-electron chi connectivity index (χ1n) is 5.34. The van der Waals surface area contributed by atoms with Crippen molar-refractivity contribution in [1.82, 2.24) is 10.1 Å². The SMILES string of the molecule is CC(C)Cc1c(N)noc1-c1ccccn1. The highest BCUT2D eigenvalue weighted by Crippen LogP contribution is 2.28. The van der Waals surface area contributed by atoms with Crippen molar-refractivity contribution < 1.29 is 4.52 Å². The van der Waals surface area contributed by atoms with Gasteiger partial charge in [0.15, 0.2) is 11.6 Å². The summed E-state index contributed by atoms with van der Waals surface area (Å²) in [6.07, 6.45) is 2.58. The molecule has 0 unspecified atom stereocenters. The number of anilines is 1. The lowest BCUT2D eigenvalue weighted by molar-refractivity contribution is 0.433. The predicted octanol–water partition coefficient (Wildman–Crippen LogP) is 2.52. The fourth-order valence-corrected chi connectivity index (χ4v) is 1.63. The van der Waals surface area contributed by atoms with E-state index in [0.717, 1.165) is 17.7 Å². The van der Waals surface area contributed by atoms with E-state index in [1.807, 2.05) is 18.2 Å². The van der Waals surface area contributed by atoms with Gasteiger partial charge in [0.2, 0.25) is 0 Å². The summed E-state index contributed by atoms with van der Waals surface area (Å²) in [5, 5.41) is 3.81. The number of nitrogens with zero attached hydrogens (tertiary/aromatic N) is 2. The second kappa shape index (κ2) is 4.35. The molecule has 2 aromatic rings. The minimum atomic E-state index is 0.467. The zero-order valence-corrected chi connectivity index (χ0v) is 9.47. The summed E-state index contributed by atoms with van der Waals surface area (Å²) >= 11 is 0. The molecule has 84 valence electrons. The molecule has 0 aliphatic heterocycles. The van der Waals surface area contributed by atoms with Crippen molar-refractivity contribution in [2.75, 3.05) is 5.73 Å². The molecule has 0 fully saturated rings. The quantitative estimate of drug-likeness (QED) is 0.857. The molecule has 0 aliphatic carbocycles. The average Bonchev–Trinajstić information content (AvgIpc) is 2.61. The van der Waals surface area contributed by atoms with E-state index in [9.17, 15) is 0 Å². The molecule has 0 saturated carbocycles. The van der Waals surface area contributed by atoms with E-state index >= 15 is 0 Å². The van der Waals surface area contributed by atoms with Crippen LogP contribution in [0.1, 0.15) is 19.4 Å². The molecule has 16 heavy (non-hydrogen) atoms.